The van der Waals surface area contributed by atoms with Crippen LogP contribution in [0.15, 0.2) is 35.5 Å². The van der Waals surface area contributed by atoms with Crippen molar-refractivity contribution >= 4 is 34.6 Å². The summed E-state index contributed by atoms with van der Waals surface area (Å²) in [6.45, 7) is 11.8. The standard InChI is InChI=1S/C21H31ClN6S/c1-3-23-21(26-16-20-25-15-17(2)29-20)24-9-6-10-27-11-13-28(14-12-27)19-8-5-4-7-18(19)22/h4-5,7-8,15H,3,6,9-14,16H2,1-2H3,(H2,23,24,26). The van der Waals surface area contributed by atoms with Crippen LogP contribution in [-0.4, -0.2) is 61.7 Å². The maximum absolute atomic E-state index is 6.33. The van der Waals surface area contributed by atoms with Gasteiger partial charge in [0.2, 0.25) is 0 Å². The van der Waals surface area contributed by atoms with E-state index < -0.39 is 0 Å². The van der Waals surface area contributed by atoms with Gasteiger partial charge in [-0.25, -0.2) is 9.98 Å². The van der Waals surface area contributed by atoms with Gasteiger partial charge in [-0.3, -0.25) is 4.90 Å². The third-order valence-electron chi connectivity index (χ3n) is 4.89. The Morgan fingerprint density at radius 3 is 2.69 bits per heavy atom. The topological polar surface area (TPSA) is 55.8 Å². The minimum Gasteiger partial charge on any atom is -0.368 e. The molecule has 1 fully saturated rings. The lowest BCUT2D eigenvalue weighted by Gasteiger charge is -2.36. The number of nitrogens with zero attached hydrogens (tertiary/aromatic N) is 4. The normalized spacial score (nSPS) is 15.6. The minimum absolute atomic E-state index is 0.623. The fourth-order valence-electron chi connectivity index (χ4n) is 3.39. The van der Waals surface area contributed by atoms with Crippen molar-refractivity contribution in [1.29, 1.82) is 0 Å². The van der Waals surface area contributed by atoms with E-state index in [1.54, 1.807) is 11.3 Å². The van der Waals surface area contributed by atoms with Crippen molar-refractivity contribution in [3.63, 3.8) is 0 Å². The Kier molecular flexibility index (Phi) is 8.58. The van der Waals surface area contributed by atoms with Crippen molar-refractivity contribution in [3.8, 4) is 0 Å². The number of aryl methyl sites for hydroxylation is 1. The van der Waals surface area contributed by atoms with Gasteiger partial charge in [-0.15, -0.1) is 11.3 Å². The van der Waals surface area contributed by atoms with Crippen LogP contribution in [0.1, 0.15) is 23.2 Å². The zero-order valence-electron chi connectivity index (χ0n) is 17.3. The highest BCUT2D eigenvalue weighted by Crippen LogP contribution is 2.25. The molecule has 8 heteroatoms. The van der Waals surface area contributed by atoms with E-state index >= 15 is 0 Å². The second-order valence-corrected chi connectivity index (χ2v) is 8.85. The SMILES string of the molecule is CCNC(=NCc1ncc(C)s1)NCCCN1CCN(c2ccccc2Cl)CC1. The number of hydrogen-bond donors (Lipinski definition) is 2. The predicted molar refractivity (Wildman–Crippen MR) is 124 cm³/mol. The zero-order valence-corrected chi connectivity index (χ0v) is 18.9. The summed E-state index contributed by atoms with van der Waals surface area (Å²) in [6.07, 6.45) is 2.99. The van der Waals surface area contributed by atoms with E-state index in [1.807, 2.05) is 18.3 Å². The van der Waals surface area contributed by atoms with Crippen LogP contribution in [-0.2, 0) is 6.54 Å². The van der Waals surface area contributed by atoms with Crippen molar-refractivity contribution in [3.05, 3.63) is 45.4 Å². The molecule has 158 valence electrons. The first-order valence-electron chi connectivity index (χ1n) is 10.3. The van der Waals surface area contributed by atoms with Crippen molar-refractivity contribution in [1.82, 2.24) is 20.5 Å². The molecule has 1 aromatic heterocycles. The van der Waals surface area contributed by atoms with Crippen LogP contribution in [0.4, 0.5) is 5.69 Å². The highest BCUT2D eigenvalue weighted by molar-refractivity contribution is 7.11. The van der Waals surface area contributed by atoms with Crippen LogP contribution in [0.3, 0.4) is 0 Å². The summed E-state index contributed by atoms with van der Waals surface area (Å²) in [5.41, 5.74) is 1.15. The van der Waals surface area contributed by atoms with Gasteiger partial charge in [0.1, 0.15) is 5.01 Å². The summed E-state index contributed by atoms with van der Waals surface area (Å²) in [5.74, 6) is 0.865. The van der Waals surface area contributed by atoms with Gasteiger partial charge in [0.05, 0.1) is 17.3 Å². The summed E-state index contributed by atoms with van der Waals surface area (Å²) < 4.78 is 0. The van der Waals surface area contributed by atoms with Gasteiger partial charge in [-0.2, -0.15) is 0 Å². The lowest BCUT2D eigenvalue weighted by molar-refractivity contribution is 0.255. The molecule has 1 aromatic carbocycles. The van der Waals surface area contributed by atoms with Crippen LogP contribution in [0.2, 0.25) is 5.02 Å². The summed E-state index contributed by atoms with van der Waals surface area (Å²) >= 11 is 8.04. The predicted octanol–water partition coefficient (Wildman–Crippen LogP) is 3.37. The first kappa shape index (κ1) is 21.9. The quantitative estimate of drug-likeness (QED) is 0.379. The Hall–Kier alpha value is -1.83. The van der Waals surface area contributed by atoms with E-state index in [0.29, 0.717) is 6.54 Å². The number of nitrogens with one attached hydrogen (secondary N) is 2. The Balaban J connectivity index is 1.36. The molecule has 2 heterocycles. The number of para-hydroxylation sites is 1. The average molecular weight is 435 g/mol. The van der Waals surface area contributed by atoms with Crippen LogP contribution in [0.25, 0.3) is 0 Å². The fraction of sp³-hybridized carbons (Fsp3) is 0.524. The number of piperazine rings is 1. The molecular weight excluding hydrogens is 404 g/mol. The molecule has 0 unspecified atom stereocenters. The summed E-state index contributed by atoms with van der Waals surface area (Å²) in [4.78, 5) is 15.2. The maximum Gasteiger partial charge on any atom is 0.191 e. The van der Waals surface area contributed by atoms with Gasteiger partial charge in [-0.05, 0) is 38.9 Å². The van der Waals surface area contributed by atoms with Gasteiger partial charge in [0.15, 0.2) is 5.96 Å². The Morgan fingerprint density at radius 1 is 1.21 bits per heavy atom. The molecule has 2 N–H and O–H groups in total. The molecule has 1 aliphatic rings. The van der Waals surface area contributed by atoms with Crippen molar-refractivity contribution in [2.24, 2.45) is 4.99 Å². The molecular formula is C21H31ClN6S. The molecule has 0 radical (unpaired) electrons. The Morgan fingerprint density at radius 2 is 2.00 bits per heavy atom. The molecule has 0 atom stereocenters. The zero-order chi connectivity index (χ0) is 20.5. The van der Waals surface area contributed by atoms with E-state index in [-0.39, 0.29) is 0 Å². The number of hydrogen-bond acceptors (Lipinski definition) is 5. The number of anilines is 1. The number of halogens is 1. The number of benzene rings is 1. The van der Waals surface area contributed by atoms with Crippen LogP contribution in [0.5, 0.6) is 0 Å². The van der Waals surface area contributed by atoms with Gasteiger partial charge in [0, 0.05) is 50.3 Å². The van der Waals surface area contributed by atoms with Gasteiger partial charge in [-0.1, -0.05) is 23.7 Å². The molecule has 0 amide bonds. The van der Waals surface area contributed by atoms with E-state index in [4.69, 9.17) is 11.6 Å². The highest BCUT2D eigenvalue weighted by Gasteiger charge is 2.18. The first-order valence-corrected chi connectivity index (χ1v) is 11.5. The fourth-order valence-corrected chi connectivity index (χ4v) is 4.36. The molecule has 2 aromatic rings. The maximum atomic E-state index is 6.33. The van der Waals surface area contributed by atoms with E-state index in [0.717, 1.165) is 73.9 Å². The van der Waals surface area contributed by atoms with Gasteiger partial charge >= 0.3 is 0 Å². The lowest BCUT2D eigenvalue weighted by Crippen LogP contribution is -2.47. The smallest absolute Gasteiger partial charge is 0.191 e. The van der Waals surface area contributed by atoms with Crippen molar-refractivity contribution in [2.75, 3.05) is 50.7 Å². The van der Waals surface area contributed by atoms with Crippen molar-refractivity contribution < 1.29 is 0 Å². The molecule has 0 saturated carbocycles. The molecule has 29 heavy (non-hydrogen) atoms. The molecule has 1 aliphatic heterocycles. The number of rotatable bonds is 8. The second kappa shape index (κ2) is 11.4. The Labute approximate surface area is 183 Å². The summed E-state index contributed by atoms with van der Waals surface area (Å²) in [5, 5.41) is 8.64. The van der Waals surface area contributed by atoms with Crippen LogP contribution < -0.4 is 15.5 Å². The summed E-state index contributed by atoms with van der Waals surface area (Å²) in [6, 6.07) is 8.11. The van der Waals surface area contributed by atoms with Crippen molar-refractivity contribution in [2.45, 2.75) is 26.8 Å². The minimum atomic E-state index is 0.623. The average Bonchev–Trinajstić information content (AvgIpc) is 3.15. The highest BCUT2D eigenvalue weighted by atomic mass is 35.5. The monoisotopic (exact) mass is 434 g/mol. The Bertz CT molecular complexity index is 785. The molecule has 0 spiro atoms. The van der Waals surface area contributed by atoms with Crippen LogP contribution in [0, 0.1) is 6.92 Å². The molecule has 3 rings (SSSR count). The number of aromatic nitrogens is 1. The van der Waals surface area contributed by atoms with E-state index in [2.05, 4.69) is 56.4 Å². The molecule has 1 saturated heterocycles. The third-order valence-corrected chi connectivity index (χ3v) is 6.11. The molecule has 0 aliphatic carbocycles. The lowest BCUT2D eigenvalue weighted by atomic mass is 10.2. The van der Waals surface area contributed by atoms with Gasteiger partial charge < -0.3 is 15.5 Å². The summed E-state index contributed by atoms with van der Waals surface area (Å²) in [7, 11) is 0. The second-order valence-electron chi connectivity index (χ2n) is 7.12. The van der Waals surface area contributed by atoms with Gasteiger partial charge in [0.25, 0.3) is 0 Å². The van der Waals surface area contributed by atoms with E-state index in [9.17, 15) is 0 Å². The number of guanidine groups is 1. The number of thiazole rings is 1. The number of aliphatic imine (C=N–C) groups is 1. The van der Waals surface area contributed by atoms with Crippen LogP contribution >= 0.6 is 22.9 Å². The third kappa shape index (κ3) is 6.87. The first-order chi connectivity index (χ1) is 14.2. The largest absolute Gasteiger partial charge is 0.368 e. The molecule has 0 bridgehead atoms. The van der Waals surface area contributed by atoms with E-state index in [1.165, 1.54) is 4.88 Å². The molecule has 6 nitrogen and oxygen atoms in total.